The van der Waals surface area contributed by atoms with E-state index in [-0.39, 0.29) is 0 Å². The summed E-state index contributed by atoms with van der Waals surface area (Å²) in [6, 6.07) is 1.42. The second-order valence-electron chi connectivity index (χ2n) is 2.80. The molecule has 0 bridgehead atoms. The molecule has 0 aliphatic rings. The number of carbonyl (C=O) groups excluding carboxylic acids is 1. The van der Waals surface area contributed by atoms with Crippen molar-refractivity contribution in [2.75, 3.05) is 7.11 Å². The first kappa shape index (κ1) is 12.9. The van der Waals surface area contributed by atoms with Crippen LogP contribution in [-0.4, -0.2) is 21.5 Å². The van der Waals surface area contributed by atoms with E-state index in [1.165, 1.54) is 0 Å². The van der Waals surface area contributed by atoms with Crippen molar-refractivity contribution in [1.29, 1.82) is 0 Å². The van der Waals surface area contributed by atoms with E-state index < -0.39 is 37.3 Å². The maximum Gasteiger partial charge on any atom is 0.339 e. The summed E-state index contributed by atoms with van der Waals surface area (Å²) in [5.41, 5.74) is -0.406. The molecule has 1 rings (SSSR count). The van der Waals surface area contributed by atoms with Crippen LogP contribution in [0.15, 0.2) is 17.0 Å². The van der Waals surface area contributed by atoms with E-state index in [1.807, 2.05) is 0 Å². The number of esters is 1. The Bertz CT molecular complexity index is 543. The molecule has 0 radical (unpaired) electrons. The van der Waals surface area contributed by atoms with Gasteiger partial charge in [0.05, 0.1) is 22.6 Å². The lowest BCUT2D eigenvalue weighted by Gasteiger charge is -2.06. The zero-order chi connectivity index (χ0) is 12.5. The zero-order valence-corrected chi connectivity index (χ0v) is 9.60. The third-order valence-corrected chi connectivity index (χ3v) is 2.97. The van der Waals surface area contributed by atoms with Crippen LogP contribution < -0.4 is 5.14 Å². The standard InChI is InChI=1S/C8H7ClFNO4S/c1-15-8(12)4-2-5(9)6(10)3-7(4)16(11,13)14/h2-3H,1H3,(H2,11,13,14). The predicted molar refractivity (Wildman–Crippen MR) is 54.1 cm³/mol. The van der Waals surface area contributed by atoms with Crippen molar-refractivity contribution in [3.63, 3.8) is 0 Å². The molecule has 1 aromatic carbocycles. The smallest absolute Gasteiger partial charge is 0.339 e. The Kier molecular flexibility index (Phi) is 3.51. The third kappa shape index (κ3) is 2.49. The zero-order valence-electron chi connectivity index (χ0n) is 8.03. The van der Waals surface area contributed by atoms with Gasteiger partial charge in [-0.05, 0) is 12.1 Å². The van der Waals surface area contributed by atoms with E-state index in [0.717, 1.165) is 13.2 Å². The van der Waals surface area contributed by atoms with E-state index >= 15 is 0 Å². The molecule has 0 atom stereocenters. The number of halogens is 2. The van der Waals surface area contributed by atoms with Gasteiger partial charge in [-0.2, -0.15) is 0 Å². The summed E-state index contributed by atoms with van der Waals surface area (Å²) in [5.74, 6) is -1.95. The number of nitrogens with two attached hydrogens (primary N) is 1. The highest BCUT2D eigenvalue weighted by Crippen LogP contribution is 2.23. The van der Waals surface area contributed by atoms with Crippen LogP contribution in [0.1, 0.15) is 10.4 Å². The van der Waals surface area contributed by atoms with E-state index in [0.29, 0.717) is 6.07 Å². The van der Waals surface area contributed by atoms with Crippen LogP contribution in [0.3, 0.4) is 0 Å². The Hall–Kier alpha value is -1.18. The summed E-state index contributed by atoms with van der Waals surface area (Å²) in [7, 11) is -3.18. The Labute approximate surface area is 96.0 Å². The molecule has 0 fully saturated rings. The Morgan fingerprint density at radius 1 is 1.50 bits per heavy atom. The lowest BCUT2D eigenvalue weighted by Crippen LogP contribution is -2.18. The molecule has 8 heteroatoms. The van der Waals surface area contributed by atoms with Gasteiger partial charge in [0.2, 0.25) is 10.0 Å². The first-order valence-electron chi connectivity index (χ1n) is 3.87. The molecule has 2 N–H and O–H groups in total. The van der Waals surface area contributed by atoms with Crippen LogP contribution >= 0.6 is 11.6 Å². The minimum Gasteiger partial charge on any atom is -0.465 e. The first-order valence-corrected chi connectivity index (χ1v) is 5.80. The van der Waals surface area contributed by atoms with Crippen LogP contribution in [0.4, 0.5) is 4.39 Å². The summed E-state index contributed by atoms with van der Waals surface area (Å²) in [5, 5.41) is 4.43. The number of hydrogen-bond acceptors (Lipinski definition) is 4. The van der Waals surface area contributed by atoms with E-state index in [4.69, 9.17) is 16.7 Å². The molecule has 0 saturated heterocycles. The van der Waals surface area contributed by atoms with Crippen molar-refractivity contribution in [3.05, 3.63) is 28.5 Å². The Morgan fingerprint density at radius 3 is 2.50 bits per heavy atom. The highest BCUT2D eigenvalue weighted by atomic mass is 35.5. The van der Waals surface area contributed by atoms with Crippen LogP contribution in [0.5, 0.6) is 0 Å². The number of sulfonamides is 1. The molecule has 0 amide bonds. The number of benzene rings is 1. The maximum atomic E-state index is 13.1. The molecule has 0 aliphatic carbocycles. The molecule has 0 saturated carbocycles. The summed E-state index contributed by atoms with van der Waals surface area (Å²) in [6.07, 6.45) is 0. The normalized spacial score (nSPS) is 11.2. The second kappa shape index (κ2) is 4.36. The molecule has 5 nitrogen and oxygen atoms in total. The highest BCUT2D eigenvalue weighted by Gasteiger charge is 2.22. The number of hydrogen-bond donors (Lipinski definition) is 1. The van der Waals surface area contributed by atoms with Crippen LogP contribution in [0, 0.1) is 5.82 Å². The largest absolute Gasteiger partial charge is 0.465 e. The molecule has 0 unspecified atom stereocenters. The predicted octanol–water partition coefficient (Wildman–Crippen LogP) is 0.913. The van der Waals surface area contributed by atoms with Gasteiger partial charge >= 0.3 is 5.97 Å². The van der Waals surface area contributed by atoms with Gasteiger partial charge in [0.1, 0.15) is 5.82 Å². The van der Waals surface area contributed by atoms with Crippen molar-refractivity contribution >= 4 is 27.6 Å². The quantitative estimate of drug-likeness (QED) is 0.807. The fourth-order valence-corrected chi connectivity index (χ4v) is 1.91. The van der Waals surface area contributed by atoms with Gasteiger partial charge in [-0.15, -0.1) is 0 Å². The maximum absolute atomic E-state index is 13.1. The Morgan fingerprint density at radius 2 is 2.06 bits per heavy atom. The molecule has 16 heavy (non-hydrogen) atoms. The topological polar surface area (TPSA) is 86.5 Å². The average molecular weight is 268 g/mol. The van der Waals surface area contributed by atoms with Gasteiger partial charge < -0.3 is 4.74 Å². The molecule has 1 aromatic rings. The molecule has 0 spiro atoms. The Balaban J connectivity index is 3.58. The van der Waals surface area contributed by atoms with E-state index in [1.54, 1.807) is 0 Å². The number of rotatable bonds is 2. The lowest BCUT2D eigenvalue weighted by atomic mass is 10.2. The van der Waals surface area contributed by atoms with Crippen molar-refractivity contribution in [1.82, 2.24) is 0 Å². The van der Waals surface area contributed by atoms with Crippen molar-refractivity contribution < 1.29 is 22.3 Å². The summed E-state index contributed by atoms with van der Waals surface area (Å²) >= 11 is 5.42. The number of methoxy groups -OCH3 is 1. The van der Waals surface area contributed by atoms with E-state index in [2.05, 4.69) is 4.74 Å². The van der Waals surface area contributed by atoms with Gasteiger partial charge in [-0.3, -0.25) is 0 Å². The molecular formula is C8H7ClFNO4S. The summed E-state index contributed by atoms with van der Waals surface area (Å²) in [6.45, 7) is 0. The molecule has 0 aliphatic heterocycles. The molecule has 88 valence electrons. The van der Waals surface area contributed by atoms with Gasteiger partial charge in [-0.1, -0.05) is 11.6 Å². The first-order chi connectivity index (χ1) is 7.27. The number of ether oxygens (including phenoxy) is 1. The second-order valence-corrected chi connectivity index (χ2v) is 4.74. The summed E-state index contributed by atoms with van der Waals surface area (Å²) < 4.78 is 39.6. The number of primary sulfonamides is 1. The van der Waals surface area contributed by atoms with Crippen molar-refractivity contribution in [3.8, 4) is 0 Å². The van der Waals surface area contributed by atoms with Gasteiger partial charge in [0.15, 0.2) is 0 Å². The molecular weight excluding hydrogens is 261 g/mol. The van der Waals surface area contributed by atoms with E-state index in [9.17, 15) is 17.6 Å². The fraction of sp³-hybridized carbons (Fsp3) is 0.125. The number of carbonyl (C=O) groups is 1. The monoisotopic (exact) mass is 267 g/mol. The van der Waals surface area contributed by atoms with Crippen molar-refractivity contribution in [2.24, 2.45) is 5.14 Å². The summed E-state index contributed by atoms with van der Waals surface area (Å²) in [4.78, 5) is 10.6. The van der Waals surface area contributed by atoms with Crippen LogP contribution in [0.2, 0.25) is 5.02 Å². The van der Waals surface area contributed by atoms with Crippen LogP contribution in [-0.2, 0) is 14.8 Å². The highest BCUT2D eigenvalue weighted by molar-refractivity contribution is 7.89. The minimum absolute atomic E-state index is 0.396. The van der Waals surface area contributed by atoms with Crippen LogP contribution in [0.25, 0.3) is 0 Å². The lowest BCUT2D eigenvalue weighted by molar-refractivity contribution is 0.0596. The molecule has 0 heterocycles. The minimum atomic E-state index is -4.23. The SMILES string of the molecule is COC(=O)c1cc(Cl)c(F)cc1S(N)(=O)=O. The van der Waals surface area contributed by atoms with Gasteiger partial charge in [0.25, 0.3) is 0 Å². The fourth-order valence-electron chi connectivity index (χ4n) is 1.03. The van der Waals surface area contributed by atoms with Crippen molar-refractivity contribution in [2.45, 2.75) is 4.90 Å². The third-order valence-electron chi connectivity index (χ3n) is 1.73. The molecule has 0 aromatic heterocycles. The van der Waals surface area contributed by atoms with Gasteiger partial charge in [-0.25, -0.2) is 22.7 Å². The van der Waals surface area contributed by atoms with Gasteiger partial charge in [0, 0.05) is 0 Å². The average Bonchev–Trinajstić information content (AvgIpc) is 2.18.